The standard InChI is InChI=1S/C9H11N3O3/c1-6-2-8(12(13)14)9(11-3-6)15-7-4-10-5-7/h2-3,7,10H,4-5H2,1H3. The van der Waals surface area contributed by atoms with Gasteiger partial charge in [-0.25, -0.2) is 4.98 Å². The Hall–Kier alpha value is -1.69. The van der Waals surface area contributed by atoms with Crippen LogP contribution in [0.15, 0.2) is 12.3 Å². The number of nitro groups is 1. The molecule has 0 bridgehead atoms. The Balaban J connectivity index is 2.23. The van der Waals surface area contributed by atoms with E-state index in [1.165, 1.54) is 6.07 Å². The molecular weight excluding hydrogens is 198 g/mol. The number of hydrogen-bond donors (Lipinski definition) is 1. The summed E-state index contributed by atoms with van der Waals surface area (Å²) in [5, 5.41) is 13.8. The third-order valence-electron chi connectivity index (χ3n) is 2.19. The van der Waals surface area contributed by atoms with Gasteiger partial charge in [-0.05, 0) is 12.5 Å². The number of nitrogens with one attached hydrogen (secondary N) is 1. The van der Waals surface area contributed by atoms with E-state index in [4.69, 9.17) is 4.74 Å². The zero-order valence-corrected chi connectivity index (χ0v) is 8.27. The molecular formula is C9H11N3O3. The van der Waals surface area contributed by atoms with E-state index < -0.39 is 4.92 Å². The van der Waals surface area contributed by atoms with E-state index in [1.807, 2.05) is 0 Å². The molecule has 6 heteroatoms. The van der Waals surface area contributed by atoms with Gasteiger partial charge in [0, 0.05) is 25.4 Å². The number of ether oxygens (including phenoxy) is 1. The smallest absolute Gasteiger partial charge is 0.331 e. The molecule has 1 N–H and O–H groups in total. The molecule has 0 aliphatic carbocycles. The number of pyridine rings is 1. The molecule has 2 rings (SSSR count). The maximum Gasteiger partial charge on any atom is 0.331 e. The van der Waals surface area contributed by atoms with Crippen LogP contribution in [0.5, 0.6) is 5.88 Å². The normalized spacial score (nSPS) is 15.8. The van der Waals surface area contributed by atoms with E-state index >= 15 is 0 Å². The molecule has 6 nitrogen and oxygen atoms in total. The van der Waals surface area contributed by atoms with Gasteiger partial charge in [-0.15, -0.1) is 0 Å². The average Bonchev–Trinajstić information content (AvgIpc) is 2.12. The summed E-state index contributed by atoms with van der Waals surface area (Å²) in [7, 11) is 0. The molecule has 1 aliphatic heterocycles. The summed E-state index contributed by atoms with van der Waals surface area (Å²) in [6, 6.07) is 1.47. The summed E-state index contributed by atoms with van der Waals surface area (Å²) >= 11 is 0. The molecule has 0 aromatic carbocycles. The maximum absolute atomic E-state index is 10.7. The minimum absolute atomic E-state index is 0.00101. The Morgan fingerprint density at radius 3 is 2.93 bits per heavy atom. The van der Waals surface area contributed by atoms with E-state index in [1.54, 1.807) is 13.1 Å². The lowest BCUT2D eigenvalue weighted by Crippen LogP contribution is -2.50. The number of rotatable bonds is 3. The highest BCUT2D eigenvalue weighted by Gasteiger charge is 2.24. The van der Waals surface area contributed by atoms with Crippen LogP contribution in [0.2, 0.25) is 0 Å². The van der Waals surface area contributed by atoms with Crippen molar-refractivity contribution in [2.24, 2.45) is 0 Å². The Bertz CT molecular complexity index is 390. The molecule has 2 heterocycles. The second-order valence-corrected chi connectivity index (χ2v) is 3.49. The van der Waals surface area contributed by atoms with Gasteiger partial charge in [0.15, 0.2) is 0 Å². The van der Waals surface area contributed by atoms with E-state index in [2.05, 4.69) is 10.3 Å². The van der Waals surface area contributed by atoms with Gasteiger partial charge < -0.3 is 10.1 Å². The Morgan fingerprint density at radius 1 is 1.67 bits per heavy atom. The van der Waals surface area contributed by atoms with E-state index in [0.29, 0.717) is 13.1 Å². The summed E-state index contributed by atoms with van der Waals surface area (Å²) in [4.78, 5) is 14.2. The van der Waals surface area contributed by atoms with Crippen LogP contribution in [-0.4, -0.2) is 29.1 Å². The Kier molecular flexibility index (Phi) is 2.51. The lowest BCUT2D eigenvalue weighted by molar-refractivity contribution is -0.386. The van der Waals surface area contributed by atoms with Crippen molar-refractivity contribution in [3.8, 4) is 5.88 Å². The molecule has 0 amide bonds. The number of hydrogen-bond acceptors (Lipinski definition) is 5. The van der Waals surface area contributed by atoms with Gasteiger partial charge in [0.1, 0.15) is 6.10 Å². The molecule has 1 saturated heterocycles. The number of aryl methyl sites for hydroxylation is 1. The van der Waals surface area contributed by atoms with Crippen LogP contribution in [0, 0.1) is 17.0 Å². The van der Waals surface area contributed by atoms with Gasteiger partial charge in [-0.3, -0.25) is 10.1 Å². The molecule has 1 aromatic rings. The Morgan fingerprint density at radius 2 is 2.40 bits per heavy atom. The second-order valence-electron chi connectivity index (χ2n) is 3.49. The highest BCUT2D eigenvalue weighted by atomic mass is 16.6. The molecule has 0 atom stereocenters. The minimum Gasteiger partial charge on any atom is -0.467 e. The maximum atomic E-state index is 10.7. The van der Waals surface area contributed by atoms with Gasteiger partial charge in [0.05, 0.1) is 4.92 Å². The van der Waals surface area contributed by atoms with E-state index in [-0.39, 0.29) is 17.7 Å². The first-order valence-corrected chi connectivity index (χ1v) is 4.65. The molecule has 1 aliphatic rings. The lowest BCUT2D eigenvalue weighted by Gasteiger charge is -2.26. The van der Waals surface area contributed by atoms with Crippen molar-refractivity contribution in [2.45, 2.75) is 13.0 Å². The Labute approximate surface area is 86.4 Å². The molecule has 1 aromatic heterocycles. The van der Waals surface area contributed by atoms with Crippen LogP contribution in [0.25, 0.3) is 0 Å². The first-order chi connectivity index (χ1) is 7.16. The quantitative estimate of drug-likeness (QED) is 0.584. The molecule has 0 spiro atoms. The van der Waals surface area contributed by atoms with Gasteiger partial charge in [-0.2, -0.15) is 0 Å². The van der Waals surface area contributed by atoms with Crippen LogP contribution >= 0.6 is 0 Å². The molecule has 0 unspecified atom stereocenters. The van der Waals surface area contributed by atoms with Crippen LogP contribution in [0.3, 0.4) is 0 Å². The molecule has 15 heavy (non-hydrogen) atoms. The fourth-order valence-corrected chi connectivity index (χ4v) is 1.27. The highest BCUT2D eigenvalue weighted by Crippen LogP contribution is 2.26. The first-order valence-electron chi connectivity index (χ1n) is 4.65. The highest BCUT2D eigenvalue weighted by molar-refractivity contribution is 5.42. The van der Waals surface area contributed by atoms with Crippen molar-refractivity contribution >= 4 is 5.69 Å². The van der Waals surface area contributed by atoms with Crippen molar-refractivity contribution in [1.29, 1.82) is 0 Å². The molecule has 1 fully saturated rings. The monoisotopic (exact) mass is 209 g/mol. The van der Waals surface area contributed by atoms with Gasteiger partial charge in [0.25, 0.3) is 5.88 Å². The summed E-state index contributed by atoms with van der Waals surface area (Å²) < 4.78 is 5.38. The predicted molar refractivity (Wildman–Crippen MR) is 52.9 cm³/mol. The van der Waals surface area contributed by atoms with Crippen LogP contribution < -0.4 is 10.1 Å². The van der Waals surface area contributed by atoms with Crippen molar-refractivity contribution in [3.63, 3.8) is 0 Å². The van der Waals surface area contributed by atoms with Crippen molar-refractivity contribution in [2.75, 3.05) is 13.1 Å². The van der Waals surface area contributed by atoms with Gasteiger partial charge in [0.2, 0.25) is 0 Å². The third kappa shape index (κ3) is 2.04. The van der Waals surface area contributed by atoms with E-state index in [9.17, 15) is 10.1 Å². The predicted octanol–water partition coefficient (Wildman–Crippen LogP) is 0.649. The van der Waals surface area contributed by atoms with Crippen molar-refractivity contribution < 1.29 is 9.66 Å². The molecule has 0 saturated carbocycles. The topological polar surface area (TPSA) is 77.3 Å². The summed E-state index contributed by atoms with van der Waals surface area (Å²) in [6.07, 6.45) is 1.56. The second kappa shape index (κ2) is 3.82. The zero-order chi connectivity index (χ0) is 10.8. The summed E-state index contributed by atoms with van der Waals surface area (Å²) in [5.74, 6) is 0.108. The minimum atomic E-state index is -0.471. The van der Waals surface area contributed by atoms with Gasteiger partial charge in [-0.1, -0.05) is 0 Å². The third-order valence-corrected chi connectivity index (χ3v) is 2.19. The SMILES string of the molecule is Cc1cnc(OC2CNC2)c([N+](=O)[O-])c1. The fraction of sp³-hybridized carbons (Fsp3) is 0.444. The molecule has 0 radical (unpaired) electrons. The van der Waals surface area contributed by atoms with Crippen molar-refractivity contribution in [1.82, 2.24) is 10.3 Å². The lowest BCUT2D eigenvalue weighted by atomic mass is 10.2. The zero-order valence-electron chi connectivity index (χ0n) is 8.27. The van der Waals surface area contributed by atoms with E-state index in [0.717, 1.165) is 5.56 Å². The van der Waals surface area contributed by atoms with Crippen LogP contribution in [-0.2, 0) is 0 Å². The number of nitrogens with zero attached hydrogens (tertiary/aromatic N) is 2. The molecule has 80 valence electrons. The summed E-state index contributed by atoms with van der Waals surface area (Å²) in [6.45, 7) is 3.19. The fourth-order valence-electron chi connectivity index (χ4n) is 1.27. The van der Waals surface area contributed by atoms with Gasteiger partial charge >= 0.3 is 5.69 Å². The van der Waals surface area contributed by atoms with Crippen molar-refractivity contribution in [3.05, 3.63) is 27.9 Å². The summed E-state index contributed by atoms with van der Waals surface area (Å²) in [5.41, 5.74) is 0.683. The first kappa shape index (κ1) is 9.85. The number of aromatic nitrogens is 1. The van der Waals surface area contributed by atoms with Crippen LogP contribution in [0.1, 0.15) is 5.56 Å². The average molecular weight is 209 g/mol. The van der Waals surface area contributed by atoms with Crippen LogP contribution in [0.4, 0.5) is 5.69 Å². The largest absolute Gasteiger partial charge is 0.467 e.